The average Bonchev–Trinajstić information content (AvgIpc) is 2.56. The number of rotatable bonds is 2. The highest BCUT2D eigenvalue weighted by Gasteiger charge is 2.18. The van der Waals surface area contributed by atoms with Crippen LogP contribution in [0, 0.1) is 6.92 Å². The zero-order valence-corrected chi connectivity index (χ0v) is 8.83. The number of aromatic nitrogens is 1. The van der Waals surface area contributed by atoms with Crippen LogP contribution in [0.1, 0.15) is 12.0 Å². The number of pyridine rings is 1. The summed E-state index contributed by atoms with van der Waals surface area (Å²) in [5.74, 6) is 0.996. The van der Waals surface area contributed by atoms with Crippen molar-refractivity contribution in [2.24, 2.45) is 0 Å². The Labute approximate surface area is 85.1 Å². The minimum atomic E-state index is 0.565. The molecular formula is C11H17N3. The second kappa shape index (κ2) is 3.96. The summed E-state index contributed by atoms with van der Waals surface area (Å²) in [7, 11) is 2.16. The molecular weight excluding hydrogens is 174 g/mol. The number of hydrogen-bond donors (Lipinski definition) is 1. The summed E-state index contributed by atoms with van der Waals surface area (Å²) in [6, 6.07) is 4.71. The van der Waals surface area contributed by atoms with Gasteiger partial charge in [-0.15, -0.1) is 0 Å². The van der Waals surface area contributed by atoms with Crippen molar-refractivity contribution in [3.8, 4) is 0 Å². The monoisotopic (exact) mass is 191 g/mol. The van der Waals surface area contributed by atoms with Crippen molar-refractivity contribution < 1.29 is 0 Å². The Morgan fingerprint density at radius 1 is 1.50 bits per heavy atom. The molecule has 1 aliphatic heterocycles. The zero-order chi connectivity index (χ0) is 9.97. The molecule has 1 unspecified atom stereocenters. The molecule has 76 valence electrons. The molecule has 2 rings (SSSR count). The normalized spacial score (nSPS) is 22.6. The van der Waals surface area contributed by atoms with Gasteiger partial charge in [-0.25, -0.2) is 4.98 Å². The maximum Gasteiger partial charge on any atom is 0.126 e. The second-order valence-electron chi connectivity index (χ2n) is 4.11. The van der Waals surface area contributed by atoms with Crippen molar-refractivity contribution in [1.82, 2.24) is 9.88 Å². The van der Waals surface area contributed by atoms with Gasteiger partial charge < -0.3 is 10.2 Å². The Kier molecular flexibility index (Phi) is 2.68. The Bertz CT molecular complexity index is 294. The number of hydrogen-bond acceptors (Lipinski definition) is 3. The molecule has 1 fully saturated rings. The molecule has 0 bridgehead atoms. The van der Waals surface area contributed by atoms with Crippen molar-refractivity contribution in [2.75, 3.05) is 25.5 Å². The minimum absolute atomic E-state index is 0.565. The molecule has 3 nitrogen and oxygen atoms in total. The second-order valence-corrected chi connectivity index (χ2v) is 4.11. The Morgan fingerprint density at radius 2 is 2.36 bits per heavy atom. The van der Waals surface area contributed by atoms with E-state index in [0.717, 1.165) is 12.4 Å². The topological polar surface area (TPSA) is 28.2 Å². The first-order valence-electron chi connectivity index (χ1n) is 5.12. The Balaban J connectivity index is 1.94. The van der Waals surface area contributed by atoms with E-state index in [9.17, 15) is 0 Å². The molecule has 2 heterocycles. The molecule has 1 saturated heterocycles. The number of likely N-dealkylation sites (tertiary alicyclic amines) is 1. The summed E-state index contributed by atoms with van der Waals surface area (Å²) in [6.07, 6.45) is 3.12. The molecule has 1 aromatic heterocycles. The lowest BCUT2D eigenvalue weighted by Gasteiger charge is -2.13. The number of nitrogens with zero attached hydrogens (tertiary/aromatic N) is 2. The van der Waals surface area contributed by atoms with Crippen LogP contribution in [-0.2, 0) is 0 Å². The molecule has 0 spiro atoms. The third-order valence-electron chi connectivity index (χ3n) is 2.65. The van der Waals surface area contributed by atoms with Crippen molar-refractivity contribution in [2.45, 2.75) is 19.4 Å². The van der Waals surface area contributed by atoms with E-state index in [0.29, 0.717) is 6.04 Å². The highest BCUT2D eigenvalue weighted by Crippen LogP contribution is 2.12. The van der Waals surface area contributed by atoms with Crippen LogP contribution in [0.2, 0.25) is 0 Å². The molecule has 0 radical (unpaired) electrons. The standard InChI is InChI=1S/C11H17N3/c1-9-3-4-11(12-7-9)13-10-5-6-14(2)8-10/h3-4,7,10H,5-6,8H2,1-2H3,(H,12,13). The lowest BCUT2D eigenvalue weighted by atomic mass is 10.2. The van der Waals surface area contributed by atoms with E-state index in [-0.39, 0.29) is 0 Å². The van der Waals surface area contributed by atoms with Crippen LogP contribution in [0.5, 0.6) is 0 Å². The van der Waals surface area contributed by atoms with E-state index in [4.69, 9.17) is 0 Å². The van der Waals surface area contributed by atoms with Gasteiger partial charge in [0.25, 0.3) is 0 Å². The maximum absolute atomic E-state index is 4.34. The van der Waals surface area contributed by atoms with Crippen LogP contribution in [0.3, 0.4) is 0 Å². The van der Waals surface area contributed by atoms with Crippen molar-refractivity contribution in [1.29, 1.82) is 0 Å². The molecule has 1 N–H and O–H groups in total. The summed E-state index contributed by atoms with van der Waals surface area (Å²) in [6.45, 7) is 4.36. The van der Waals surface area contributed by atoms with E-state index in [1.54, 1.807) is 0 Å². The van der Waals surface area contributed by atoms with Gasteiger partial charge in [-0.3, -0.25) is 0 Å². The summed E-state index contributed by atoms with van der Waals surface area (Å²) in [5.41, 5.74) is 1.21. The molecule has 3 heteroatoms. The lowest BCUT2D eigenvalue weighted by Crippen LogP contribution is -2.23. The first-order chi connectivity index (χ1) is 6.74. The molecule has 14 heavy (non-hydrogen) atoms. The van der Waals surface area contributed by atoms with Gasteiger partial charge in [0.2, 0.25) is 0 Å². The molecule has 1 aliphatic rings. The number of anilines is 1. The molecule has 0 aromatic carbocycles. The largest absolute Gasteiger partial charge is 0.366 e. The van der Waals surface area contributed by atoms with Crippen LogP contribution in [0.4, 0.5) is 5.82 Å². The van der Waals surface area contributed by atoms with Gasteiger partial charge >= 0.3 is 0 Å². The van der Waals surface area contributed by atoms with E-state index in [2.05, 4.69) is 35.2 Å². The van der Waals surface area contributed by atoms with E-state index < -0.39 is 0 Å². The van der Waals surface area contributed by atoms with Crippen LogP contribution in [0.25, 0.3) is 0 Å². The van der Waals surface area contributed by atoms with Gasteiger partial charge in [0.1, 0.15) is 5.82 Å². The van der Waals surface area contributed by atoms with Crippen molar-refractivity contribution >= 4 is 5.82 Å². The van der Waals surface area contributed by atoms with Gasteiger partial charge in [0.05, 0.1) is 0 Å². The molecule has 1 aromatic rings. The van der Waals surface area contributed by atoms with Gasteiger partial charge in [-0.1, -0.05) is 6.07 Å². The fraction of sp³-hybridized carbons (Fsp3) is 0.545. The molecule has 0 amide bonds. The maximum atomic E-state index is 4.34. The van der Waals surface area contributed by atoms with Crippen LogP contribution >= 0.6 is 0 Å². The SMILES string of the molecule is Cc1ccc(NC2CCN(C)C2)nc1. The average molecular weight is 191 g/mol. The highest BCUT2D eigenvalue weighted by molar-refractivity contribution is 5.36. The molecule has 0 saturated carbocycles. The fourth-order valence-electron chi connectivity index (χ4n) is 1.82. The molecule has 0 aliphatic carbocycles. The van der Waals surface area contributed by atoms with Gasteiger partial charge in [-0.05, 0) is 38.6 Å². The van der Waals surface area contributed by atoms with Gasteiger partial charge in [0.15, 0.2) is 0 Å². The van der Waals surface area contributed by atoms with Crippen LogP contribution in [0.15, 0.2) is 18.3 Å². The smallest absolute Gasteiger partial charge is 0.126 e. The van der Waals surface area contributed by atoms with Crippen LogP contribution < -0.4 is 5.32 Å². The predicted octanol–water partition coefficient (Wildman–Crippen LogP) is 1.51. The summed E-state index contributed by atoms with van der Waals surface area (Å²) in [5, 5.41) is 3.45. The lowest BCUT2D eigenvalue weighted by molar-refractivity contribution is 0.414. The first kappa shape index (κ1) is 9.46. The van der Waals surface area contributed by atoms with E-state index in [1.165, 1.54) is 18.5 Å². The highest BCUT2D eigenvalue weighted by atomic mass is 15.2. The fourth-order valence-corrected chi connectivity index (χ4v) is 1.82. The first-order valence-corrected chi connectivity index (χ1v) is 5.12. The van der Waals surface area contributed by atoms with Crippen molar-refractivity contribution in [3.05, 3.63) is 23.9 Å². The zero-order valence-electron chi connectivity index (χ0n) is 8.83. The minimum Gasteiger partial charge on any atom is -0.366 e. The van der Waals surface area contributed by atoms with E-state index in [1.807, 2.05) is 12.3 Å². The third-order valence-corrected chi connectivity index (χ3v) is 2.65. The van der Waals surface area contributed by atoms with E-state index >= 15 is 0 Å². The van der Waals surface area contributed by atoms with Crippen LogP contribution in [-0.4, -0.2) is 36.1 Å². The quantitative estimate of drug-likeness (QED) is 0.768. The molecule has 1 atom stereocenters. The van der Waals surface area contributed by atoms with Gasteiger partial charge in [0, 0.05) is 18.8 Å². The predicted molar refractivity (Wildman–Crippen MR) is 58.5 cm³/mol. The summed E-state index contributed by atoms with van der Waals surface area (Å²) in [4.78, 5) is 6.68. The number of nitrogens with one attached hydrogen (secondary N) is 1. The summed E-state index contributed by atoms with van der Waals surface area (Å²) < 4.78 is 0. The Morgan fingerprint density at radius 3 is 2.93 bits per heavy atom. The van der Waals surface area contributed by atoms with Crippen molar-refractivity contribution in [3.63, 3.8) is 0 Å². The Hall–Kier alpha value is -1.09. The number of likely N-dealkylation sites (N-methyl/N-ethyl adjacent to an activating group) is 1. The summed E-state index contributed by atoms with van der Waals surface area (Å²) >= 11 is 0. The van der Waals surface area contributed by atoms with Gasteiger partial charge in [-0.2, -0.15) is 0 Å². The third kappa shape index (κ3) is 2.23. The number of aryl methyl sites for hydroxylation is 1.